The molecule has 6 rings (SSSR count). The first-order valence-electron chi connectivity index (χ1n) is 11.5. The van der Waals surface area contributed by atoms with Crippen LogP contribution in [0.15, 0.2) is 42.5 Å². The van der Waals surface area contributed by atoms with Crippen LogP contribution in [0.2, 0.25) is 5.02 Å². The normalized spacial score (nSPS) is 34.3. The maximum atomic E-state index is 6.37. The van der Waals surface area contributed by atoms with E-state index in [1.54, 1.807) is 0 Å². The van der Waals surface area contributed by atoms with Gasteiger partial charge in [0, 0.05) is 22.7 Å². The first-order valence-corrected chi connectivity index (χ1v) is 11.8. The average Bonchev–Trinajstić information content (AvgIpc) is 2.64. The summed E-state index contributed by atoms with van der Waals surface area (Å²) in [4.78, 5) is 0. The summed E-state index contributed by atoms with van der Waals surface area (Å²) in [7, 11) is 0. The lowest BCUT2D eigenvalue weighted by molar-refractivity contribution is -0.118. The molecule has 0 aliphatic heterocycles. The highest BCUT2D eigenvalue weighted by Crippen LogP contribution is 2.66. The van der Waals surface area contributed by atoms with Crippen LogP contribution in [0.4, 0.5) is 0 Å². The van der Waals surface area contributed by atoms with Gasteiger partial charge in [0.25, 0.3) is 0 Å². The van der Waals surface area contributed by atoms with Crippen molar-refractivity contribution >= 4 is 11.6 Å². The van der Waals surface area contributed by atoms with Crippen molar-refractivity contribution in [3.63, 3.8) is 0 Å². The summed E-state index contributed by atoms with van der Waals surface area (Å²) in [5.74, 6) is 1.83. The van der Waals surface area contributed by atoms with E-state index in [1.807, 2.05) is 12.1 Å². The molecule has 0 amide bonds. The molecule has 0 spiro atoms. The molecule has 2 unspecified atom stereocenters. The molecular formula is C27H34ClNO. The Morgan fingerprint density at radius 2 is 1.67 bits per heavy atom. The lowest BCUT2D eigenvalue weighted by Gasteiger charge is -2.65. The van der Waals surface area contributed by atoms with Crippen molar-refractivity contribution in [3.05, 3.63) is 64.2 Å². The summed E-state index contributed by atoms with van der Waals surface area (Å²) >= 11 is 6.37. The minimum absolute atomic E-state index is 0.277. The van der Waals surface area contributed by atoms with Gasteiger partial charge in [-0.05, 0) is 86.0 Å². The fraction of sp³-hybridized carbons (Fsp3) is 0.556. The number of aryl methyl sites for hydroxylation is 1. The first-order chi connectivity index (χ1) is 14.2. The summed E-state index contributed by atoms with van der Waals surface area (Å²) in [5.41, 5.74) is 4.94. The van der Waals surface area contributed by atoms with Crippen molar-refractivity contribution in [1.82, 2.24) is 5.32 Å². The highest BCUT2D eigenvalue weighted by Gasteiger charge is 2.59. The maximum Gasteiger partial charge on any atom is 0.124 e. The van der Waals surface area contributed by atoms with Crippen LogP contribution in [0.1, 0.15) is 69.1 Å². The van der Waals surface area contributed by atoms with Gasteiger partial charge in [-0.3, -0.25) is 0 Å². The summed E-state index contributed by atoms with van der Waals surface area (Å²) in [6.07, 6.45) is 8.21. The van der Waals surface area contributed by atoms with Gasteiger partial charge in [0.2, 0.25) is 0 Å². The van der Waals surface area contributed by atoms with Crippen LogP contribution >= 0.6 is 11.6 Å². The van der Waals surface area contributed by atoms with Crippen LogP contribution in [0, 0.1) is 23.7 Å². The topological polar surface area (TPSA) is 21.3 Å². The molecule has 4 aliphatic carbocycles. The summed E-state index contributed by atoms with van der Waals surface area (Å²) in [5, 5.41) is 4.81. The monoisotopic (exact) mass is 423 g/mol. The molecule has 0 saturated heterocycles. The van der Waals surface area contributed by atoms with Gasteiger partial charge in [0.05, 0.1) is 0 Å². The van der Waals surface area contributed by atoms with Gasteiger partial charge in [-0.25, -0.2) is 0 Å². The van der Waals surface area contributed by atoms with Crippen molar-refractivity contribution < 1.29 is 4.74 Å². The molecule has 1 N–H and O–H groups in total. The number of hydrogen-bond donors (Lipinski definition) is 1. The fourth-order valence-electron chi connectivity index (χ4n) is 7.60. The molecule has 0 radical (unpaired) electrons. The highest BCUT2D eigenvalue weighted by atomic mass is 35.5. The lowest BCUT2D eigenvalue weighted by Crippen LogP contribution is -2.63. The van der Waals surface area contributed by atoms with E-state index < -0.39 is 0 Å². The first kappa shape index (κ1) is 20.4. The number of ether oxygens (including phenoxy) is 1. The number of halogens is 1. The Morgan fingerprint density at radius 3 is 2.33 bits per heavy atom. The van der Waals surface area contributed by atoms with Crippen molar-refractivity contribution in [3.8, 4) is 5.75 Å². The van der Waals surface area contributed by atoms with Crippen LogP contribution < -0.4 is 10.1 Å². The van der Waals surface area contributed by atoms with Crippen LogP contribution in [0.5, 0.6) is 5.75 Å². The Labute approximate surface area is 186 Å². The Morgan fingerprint density at radius 1 is 0.967 bits per heavy atom. The van der Waals surface area contributed by atoms with E-state index in [1.165, 1.54) is 55.2 Å². The molecule has 160 valence electrons. The van der Waals surface area contributed by atoms with Crippen LogP contribution in [-0.2, 0) is 13.2 Å². The predicted molar refractivity (Wildman–Crippen MR) is 124 cm³/mol. The maximum absolute atomic E-state index is 6.37. The van der Waals surface area contributed by atoms with Crippen molar-refractivity contribution in [1.29, 1.82) is 0 Å². The molecule has 0 heterocycles. The predicted octanol–water partition coefficient (Wildman–Crippen LogP) is 7.07. The van der Waals surface area contributed by atoms with Gasteiger partial charge in [0.15, 0.2) is 0 Å². The molecule has 4 bridgehead atoms. The third kappa shape index (κ3) is 4.01. The fourth-order valence-corrected chi connectivity index (χ4v) is 7.79. The molecule has 2 aromatic carbocycles. The molecule has 3 heteroatoms. The van der Waals surface area contributed by atoms with Gasteiger partial charge in [-0.1, -0.05) is 55.3 Å². The van der Waals surface area contributed by atoms with Crippen LogP contribution in [0.25, 0.3) is 0 Å². The zero-order valence-electron chi connectivity index (χ0n) is 18.6. The average molecular weight is 424 g/mol. The van der Waals surface area contributed by atoms with E-state index >= 15 is 0 Å². The molecule has 4 saturated carbocycles. The van der Waals surface area contributed by atoms with Gasteiger partial charge in [0.1, 0.15) is 12.4 Å². The minimum Gasteiger partial charge on any atom is -0.489 e. The number of nitrogens with one attached hydrogen (secondary N) is 1. The van der Waals surface area contributed by atoms with Crippen LogP contribution in [-0.4, -0.2) is 5.54 Å². The number of hydrogen-bond acceptors (Lipinski definition) is 2. The van der Waals surface area contributed by atoms with E-state index in [9.17, 15) is 0 Å². The second-order valence-corrected chi connectivity index (χ2v) is 11.7. The summed E-state index contributed by atoms with van der Waals surface area (Å²) in [6, 6.07) is 14.6. The van der Waals surface area contributed by atoms with E-state index in [-0.39, 0.29) is 5.54 Å². The highest BCUT2D eigenvalue weighted by molar-refractivity contribution is 6.30. The third-order valence-corrected chi connectivity index (χ3v) is 8.05. The van der Waals surface area contributed by atoms with Crippen molar-refractivity contribution in [2.24, 2.45) is 16.7 Å². The van der Waals surface area contributed by atoms with Crippen molar-refractivity contribution in [2.45, 2.75) is 78.0 Å². The minimum atomic E-state index is 0.277. The van der Waals surface area contributed by atoms with E-state index in [2.05, 4.69) is 56.4 Å². The molecule has 30 heavy (non-hydrogen) atoms. The van der Waals surface area contributed by atoms with Crippen molar-refractivity contribution in [2.75, 3.05) is 0 Å². The Hall–Kier alpha value is -1.51. The third-order valence-electron chi connectivity index (χ3n) is 7.82. The molecule has 0 aromatic heterocycles. The van der Waals surface area contributed by atoms with Gasteiger partial charge in [-0.2, -0.15) is 0 Å². The van der Waals surface area contributed by atoms with Crippen LogP contribution in [0.3, 0.4) is 0 Å². The largest absolute Gasteiger partial charge is 0.489 e. The standard InChI is InChI=1S/C27H34ClNO/c1-19-4-6-20(7-5-19)15-30-24-9-8-23(28)10-22(24)14-29-27-13-21-11-25(2,17-27)16-26(3,12-21)18-27/h4-10,21,29H,11-18H2,1-3H3. The smallest absolute Gasteiger partial charge is 0.124 e. The Kier molecular flexibility index (Phi) is 4.95. The summed E-state index contributed by atoms with van der Waals surface area (Å²) < 4.78 is 6.23. The molecule has 2 atom stereocenters. The zero-order valence-corrected chi connectivity index (χ0v) is 19.3. The molecule has 4 fully saturated rings. The van der Waals surface area contributed by atoms with E-state index in [0.29, 0.717) is 17.4 Å². The molecular weight excluding hydrogens is 390 g/mol. The van der Waals surface area contributed by atoms with Gasteiger partial charge < -0.3 is 10.1 Å². The van der Waals surface area contributed by atoms with Gasteiger partial charge >= 0.3 is 0 Å². The quantitative estimate of drug-likeness (QED) is 0.536. The second kappa shape index (κ2) is 7.28. The van der Waals surface area contributed by atoms with E-state index in [4.69, 9.17) is 16.3 Å². The molecule has 2 aromatic rings. The zero-order chi connectivity index (χ0) is 21.0. The number of rotatable bonds is 6. The Bertz CT molecular complexity index is 918. The molecule has 2 nitrogen and oxygen atoms in total. The van der Waals surface area contributed by atoms with E-state index in [0.717, 1.165) is 23.2 Å². The number of benzene rings is 2. The van der Waals surface area contributed by atoms with Gasteiger partial charge in [-0.15, -0.1) is 0 Å². The second-order valence-electron chi connectivity index (χ2n) is 11.3. The molecule has 4 aliphatic rings. The lowest BCUT2D eigenvalue weighted by atomic mass is 9.43. The summed E-state index contributed by atoms with van der Waals surface area (Å²) in [6.45, 7) is 8.57. The SMILES string of the molecule is Cc1ccc(COc2ccc(Cl)cc2CNC23CC4CC(C)(CC(C)(C4)C2)C3)cc1. The Balaban J connectivity index is 1.31.